The molecule has 3 aromatic carbocycles. The maximum Gasteiger partial charge on any atom is 0.253 e. The number of likely N-dealkylation sites (N-methyl/N-ethyl adjacent to an activating group) is 1. The first-order valence-corrected chi connectivity index (χ1v) is 11.0. The summed E-state index contributed by atoms with van der Waals surface area (Å²) in [5, 5.41) is 39.1. The minimum Gasteiger partial charge on any atom is -0.508 e. The number of phenols is 1. The van der Waals surface area contributed by atoms with Crippen LogP contribution in [0.3, 0.4) is 0 Å². The molecule has 0 bridgehead atoms. The van der Waals surface area contributed by atoms with Gasteiger partial charge in [-0.25, -0.2) is 0 Å². The standard InChI is InChI=1S/C27H23N3O3/c1-28-15-24(32)16-10-11-23(31)20(14-16)27(33)19-7-3-5-9-22(19)30-13-12-18-17-6-2-4-8-21(17)29-25(18)26(27)30/h2-14,24,28,31-33H,15H2,1H3/p+1/t24-,27+/m1/s1. The third kappa shape index (κ3) is 2.69. The summed E-state index contributed by atoms with van der Waals surface area (Å²) in [6.07, 6.45) is 1.19. The fourth-order valence-corrected chi connectivity index (χ4v) is 5.18. The number of aliphatic hydroxyl groups is 2. The highest BCUT2D eigenvalue weighted by Crippen LogP contribution is 2.47. The Bertz CT molecular complexity index is 1540. The van der Waals surface area contributed by atoms with Gasteiger partial charge in [-0.15, -0.1) is 0 Å². The van der Waals surface area contributed by atoms with Gasteiger partial charge in [-0.1, -0.05) is 36.4 Å². The van der Waals surface area contributed by atoms with Crippen LogP contribution in [0.1, 0.15) is 28.5 Å². The summed E-state index contributed by atoms with van der Waals surface area (Å²) in [6.45, 7) is 0.358. The van der Waals surface area contributed by atoms with E-state index in [1.807, 2.05) is 59.3 Å². The van der Waals surface area contributed by atoms with Gasteiger partial charge >= 0.3 is 0 Å². The molecule has 6 nitrogen and oxygen atoms in total. The van der Waals surface area contributed by atoms with E-state index in [0.29, 0.717) is 28.9 Å². The topological polar surface area (TPSA) is 92.4 Å². The molecule has 164 valence electrons. The summed E-state index contributed by atoms with van der Waals surface area (Å²) in [5.41, 5.74) is 3.25. The molecular weight excluding hydrogens is 414 g/mol. The van der Waals surface area contributed by atoms with Gasteiger partial charge in [0, 0.05) is 40.5 Å². The molecule has 33 heavy (non-hydrogen) atoms. The summed E-state index contributed by atoms with van der Waals surface area (Å²) in [7, 11) is 1.77. The average molecular weight is 439 g/mol. The molecule has 0 spiro atoms. The number of nitrogens with one attached hydrogen (secondary N) is 2. The number of aliphatic hydroxyl groups excluding tert-OH is 1. The van der Waals surface area contributed by atoms with Crippen molar-refractivity contribution in [2.24, 2.45) is 0 Å². The molecule has 1 aliphatic heterocycles. The molecule has 5 aromatic rings. The molecule has 6 heteroatoms. The van der Waals surface area contributed by atoms with Crippen LogP contribution >= 0.6 is 0 Å². The number of phenolic OH excluding ortho intramolecular Hbond substituents is 1. The quantitative estimate of drug-likeness (QED) is 0.279. The first kappa shape index (κ1) is 19.9. The minimum atomic E-state index is -1.63. The molecule has 0 saturated carbocycles. The van der Waals surface area contributed by atoms with Crippen LogP contribution < -0.4 is 9.88 Å². The maximum atomic E-state index is 12.5. The highest BCUT2D eigenvalue weighted by atomic mass is 16.3. The zero-order chi connectivity index (χ0) is 22.7. The number of nitrogens with zero attached hydrogens (tertiary/aromatic N) is 1. The largest absolute Gasteiger partial charge is 0.508 e. The molecule has 0 unspecified atom stereocenters. The fraction of sp³-hybridized carbons (Fsp3) is 0.148. The van der Waals surface area contributed by atoms with Gasteiger partial charge in [0.1, 0.15) is 11.3 Å². The van der Waals surface area contributed by atoms with Crippen molar-refractivity contribution in [3.05, 3.63) is 101 Å². The van der Waals surface area contributed by atoms with Gasteiger partial charge in [0.25, 0.3) is 5.69 Å². The first-order valence-electron chi connectivity index (χ1n) is 11.0. The van der Waals surface area contributed by atoms with E-state index in [1.54, 1.807) is 19.2 Å². The van der Waals surface area contributed by atoms with Crippen molar-refractivity contribution in [3.63, 3.8) is 0 Å². The molecule has 0 aliphatic carbocycles. The van der Waals surface area contributed by atoms with Gasteiger partial charge in [-0.2, -0.15) is 4.57 Å². The molecule has 2 atom stereocenters. The number of aromatic amines is 1. The number of H-pyrrole nitrogens is 1. The second kappa shape index (κ2) is 7.15. The highest BCUT2D eigenvalue weighted by molar-refractivity contribution is 6.08. The van der Waals surface area contributed by atoms with Crippen molar-refractivity contribution in [1.82, 2.24) is 10.3 Å². The van der Waals surface area contributed by atoms with E-state index in [2.05, 4.69) is 16.4 Å². The van der Waals surface area contributed by atoms with E-state index >= 15 is 0 Å². The van der Waals surface area contributed by atoms with Gasteiger partial charge in [0.2, 0.25) is 11.3 Å². The van der Waals surface area contributed by atoms with E-state index in [9.17, 15) is 15.3 Å². The van der Waals surface area contributed by atoms with Crippen LogP contribution in [0.15, 0.2) is 79.0 Å². The summed E-state index contributed by atoms with van der Waals surface area (Å²) in [4.78, 5) is 3.49. The minimum absolute atomic E-state index is 0.0331. The van der Waals surface area contributed by atoms with Crippen LogP contribution in [0, 0.1) is 0 Å². The molecule has 6 rings (SSSR count). The number of para-hydroxylation sites is 2. The predicted octanol–water partition coefficient (Wildman–Crippen LogP) is 3.15. The number of benzene rings is 3. The van der Waals surface area contributed by atoms with Crippen molar-refractivity contribution in [3.8, 4) is 11.4 Å². The van der Waals surface area contributed by atoms with Crippen molar-refractivity contribution in [2.45, 2.75) is 11.7 Å². The predicted molar refractivity (Wildman–Crippen MR) is 126 cm³/mol. The van der Waals surface area contributed by atoms with Crippen molar-refractivity contribution in [2.75, 3.05) is 13.6 Å². The Balaban J connectivity index is 1.71. The Morgan fingerprint density at radius 3 is 2.61 bits per heavy atom. The Labute approximate surface area is 190 Å². The van der Waals surface area contributed by atoms with Crippen LogP contribution in [0.4, 0.5) is 0 Å². The van der Waals surface area contributed by atoms with E-state index in [-0.39, 0.29) is 5.75 Å². The highest BCUT2D eigenvalue weighted by Gasteiger charge is 2.54. The third-order valence-electron chi connectivity index (χ3n) is 6.70. The number of rotatable bonds is 4. The lowest BCUT2D eigenvalue weighted by atomic mass is 9.82. The van der Waals surface area contributed by atoms with Crippen LogP contribution in [0.2, 0.25) is 0 Å². The Kier molecular flexibility index (Phi) is 4.32. The Hall–Kier alpha value is -3.71. The molecule has 2 aromatic heterocycles. The third-order valence-corrected chi connectivity index (χ3v) is 6.70. The molecule has 0 fully saturated rings. The van der Waals surface area contributed by atoms with E-state index in [0.717, 1.165) is 27.5 Å². The Morgan fingerprint density at radius 2 is 1.76 bits per heavy atom. The van der Waals surface area contributed by atoms with Gasteiger partial charge in [0.15, 0.2) is 6.20 Å². The summed E-state index contributed by atoms with van der Waals surface area (Å²) >= 11 is 0. The van der Waals surface area contributed by atoms with Gasteiger partial charge in [-0.3, -0.25) is 0 Å². The first-order chi connectivity index (χ1) is 16.0. The number of fused-ring (bicyclic) bond motifs is 7. The lowest BCUT2D eigenvalue weighted by molar-refractivity contribution is -0.600. The summed E-state index contributed by atoms with van der Waals surface area (Å²) in [5.74, 6) is -0.0331. The number of hydrogen-bond donors (Lipinski definition) is 5. The van der Waals surface area contributed by atoms with Crippen molar-refractivity contribution < 1.29 is 19.9 Å². The average Bonchev–Trinajstić information content (AvgIpc) is 3.33. The van der Waals surface area contributed by atoms with Gasteiger partial charge in [0.05, 0.1) is 11.7 Å². The van der Waals surface area contributed by atoms with Crippen molar-refractivity contribution >= 4 is 21.8 Å². The monoisotopic (exact) mass is 438 g/mol. The number of hydrogen-bond acceptors (Lipinski definition) is 4. The number of aromatic nitrogens is 2. The number of aromatic hydroxyl groups is 1. The zero-order valence-corrected chi connectivity index (χ0v) is 18.1. The lowest BCUT2D eigenvalue weighted by Gasteiger charge is -2.23. The second-order valence-electron chi connectivity index (χ2n) is 8.57. The van der Waals surface area contributed by atoms with E-state index in [1.165, 1.54) is 6.07 Å². The van der Waals surface area contributed by atoms with Crippen LogP contribution in [0.25, 0.3) is 27.5 Å². The smallest absolute Gasteiger partial charge is 0.253 e. The molecule has 0 radical (unpaired) electrons. The van der Waals surface area contributed by atoms with Crippen LogP contribution in [-0.2, 0) is 5.60 Å². The van der Waals surface area contributed by atoms with Crippen LogP contribution in [-0.4, -0.2) is 33.9 Å². The summed E-state index contributed by atoms with van der Waals surface area (Å²) in [6, 6.07) is 22.7. The number of pyridine rings is 1. The fourth-order valence-electron chi connectivity index (χ4n) is 5.18. The second-order valence-corrected chi connectivity index (χ2v) is 8.57. The Morgan fingerprint density at radius 1 is 0.970 bits per heavy atom. The van der Waals surface area contributed by atoms with Crippen LogP contribution in [0.5, 0.6) is 5.75 Å². The summed E-state index contributed by atoms with van der Waals surface area (Å²) < 4.78 is 1.98. The molecule has 1 aliphatic rings. The molecule has 0 saturated heterocycles. The molecular formula is C27H24N3O3+. The zero-order valence-electron chi connectivity index (χ0n) is 18.1. The molecule has 0 amide bonds. The SMILES string of the molecule is CNC[C@@H](O)c1ccc(O)c([C@@]2(O)c3ccccc3-[n+]3ccc4c([nH]c5ccccc54)c32)c1. The molecule has 5 N–H and O–H groups in total. The normalized spacial score (nSPS) is 17.9. The van der Waals surface area contributed by atoms with Crippen molar-refractivity contribution in [1.29, 1.82) is 0 Å². The maximum absolute atomic E-state index is 12.5. The van der Waals surface area contributed by atoms with Gasteiger partial charge < -0.3 is 25.6 Å². The lowest BCUT2D eigenvalue weighted by Crippen LogP contribution is -2.37. The van der Waals surface area contributed by atoms with Gasteiger partial charge in [-0.05, 0) is 36.9 Å². The van der Waals surface area contributed by atoms with E-state index < -0.39 is 11.7 Å². The van der Waals surface area contributed by atoms with E-state index in [4.69, 9.17) is 0 Å². The molecule has 3 heterocycles.